The first-order chi connectivity index (χ1) is 12.8. The van der Waals surface area contributed by atoms with Crippen molar-refractivity contribution in [1.82, 2.24) is 5.32 Å². The lowest BCUT2D eigenvalue weighted by molar-refractivity contribution is -0.115. The second-order valence-electron chi connectivity index (χ2n) is 7.38. The van der Waals surface area contributed by atoms with Crippen molar-refractivity contribution >= 4 is 17.8 Å². The van der Waals surface area contributed by atoms with E-state index in [0.29, 0.717) is 23.0 Å². The summed E-state index contributed by atoms with van der Waals surface area (Å²) in [7, 11) is 3.18. The molecule has 5 nitrogen and oxygen atoms in total. The number of benzene rings is 2. The van der Waals surface area contributed by atoms with Gasteiger partial charge in [0.2, 0.25) is 0 Å². The zero-order valence-electron chi connectivity index (χ0n) is 16.3. The SMILES string of the molecule is COc1ccc(OC)c(/C=C2\N=C(c3ccc(C(C)(C)C)cc3)NC2=O)c1. The van der Waals surface area contributed by atoms with Gasteiger partial charge in [-0.25, -0.2) is 4.99 Å². The summed E-state index contributed by atoms with van der Waals surface area (Å²) in [6, 6.07) is 13.5. The predicted octanol–water partition coefficient (Wildman–Crippen LogP) is 3.92. The van der Waals surface area contributed by atoms with Gasteiger partial charge in [0.25, 0.3) is 5.91 Å². The first kappa shape index (κ1) is 18.7. The Morgan fingerprint density at radius 2 is 1.70 bits per heavy atom. The number of ether oxygens (including phenoxy) is 2. The fraction of sp³-hybridized carbons (Fsp3) is 0.273. The van der Waals surface area contributed by atoms with Crippen LogP contribution in [0.3, 0.4) is 0 Å². The van der Waals surface area contributed by atoms with Crippen molar-refractivity contribution in [3.8, 4) is 11.5 Å². The van der Waals surface area contributed by atoms with E-state index in [9.17, 15) is 4.79 Å². The molecule has 1 aliphatic heterocycles. The predicted molar refractivity (Wildman–Crippen MR) is 107 cm³/mol. The second-order valence-corrected chi connectivity index (χ2v) is 7.38. The Balaban J connectivity index is 1.94. The highest BCUT2D eigenvalue weighted by atomic mass is 16.5. The van der Waals surface area contributed by atoms with E-state index in [1.54, 1.807) is 32.4 Å². The van der Waals surface area contributed by atoms with Crippen LogP contribution in [0.1, 0.15) is 37.5 Å². The smallest absolute Gasteiger partial charge is 0.275 e. The number of carbonyl (C=O) groups excluding carboxylic acids is 1. The lowest BCUT2D eigenvalue weighted by Gasteiger charge is -2.19. The van der Waals surface area contributed by atoms with Crippen molar-refractivity contribution in [3.63, 3.8) is 0 Å². The zero-order valence-corrected chi connectivity index (χ0v) is 16.3. The Morgan fingerprint density at radius 3 is 2.30 bits per heavy atom. The van der Waals surface area contributed by atoms with Gasteiger partial charge < -0.3 is 14.8 Å². The maximum absolute atomic E-state index is 12.4. The van der Waals surface area contributed by atoms with Gasteiger partial charge in [-0.1, -0.05) is 45.0 Å². The van der Waals surface area contributed by atoms with Crippen LogP contribution < -0.4 is 14.8 Å². The molecular weight excluding hydrogens is 340 g/mol. The number of nitrogens with zero attached hydrogens (tertiary/aromatic N) is 1. The quantitative estimate of drug-likeness (QED) is 0.837. The third kappa shape index (κ3) is 4.03. The Kier molecular flexibility index (Phi) is 5.04. The van der Waals surface area contributed by atoms with Gasteiger partial charge in [-0.15, -0.1) is 0 Å². The normalized spacial score (nSPS) is 15.5. The topological polar surface area (TPSA) is 59.9 Å². The third-order valence-corrected chi connectivity index (χ3v) is 4.45. The molecule has 0 aliphatic carbocycles. The van der Waals surface area contributed by atoms with E-state index in [2.05, 4.69) is 43.2 Å². The number of amides is 1. The molecule has 0 saturated heterocycles. The van der Waals surface area contributed by atoms with E-state index in [1.807, 2.05) is 18.2 Å². The number of nitrogens with one attached hydrogen (secondary N) is 1. The summed E-state index contributed by atoms with van der Waals surface area (Å²) in [5, 5.41) is 2.84. The van der Waals surface area contributed by atoms with Crippen molar-refractivity contribution in [2.75, 3.05) is 14.2 Å². The van der Waals surface area contributed by atoms with E-state index in [-0.39, 0.29) is 11.3 Å². The number of hydrogen-bond acceptors (Lipinski definition) is 4. The molecule has 3 rings (SSSR count). The Bertz CT molecular complexity index is 920. The summed E-state index contributed by atoms with van der Waals surface area (Å²) in [4.78, 5) is 16.9. The summed E-state index contributed by atoms with van der Waals surface area (Å²) in [5.41, 5.74) is 3.24. The molecule has 1 N–H and O–H groups in total. The fourth-order valence-electron chi connectivity index (χ4n) is 2.83. The summed E-state index contributed by atoms with van der Waals surface area (Å²) in [5.74, 6) is 1.64. The largest absolute Gasteiger partial charge is 0.497 e. The number of amidine groups is 1. The molecule has 2 aromatic rings. The van der Waals surface area contributed by atoms with Crippen LogP contribution >= 0.6 is 0 Å². The first-order valence-electron chi connectivity index (χ1n) is 8.76. The molecule has 0 unspecified atom stereocenters. The van der Waals surface area contributed by atoms with Gasteiger partial charge in [0, 0.05) is 11.1 Å². The molecule has 0 fully saturated rings. The van der Waals surface area contributed by atoms with Crippen molar-refractivity contribution in [1.29, 1.82) is 0 Å². The molecule has 0 bridgehead atoms. The third-order valence-electron chi connectivity index (χ3n) is 4.45. The minimum absolute atomic E-state index is 0.0766. The van der Waals surface area contributed by atoms with E-state index >= 15 is 0 Å². The van der Waals surface area contributed by atoms with Gasteiger partial charge in [0.1, 0.15) is 23.0 Å². The number of rotatable bonds is 4. The summed E-state index contributed by atoms with van der Waals surface area (Å²) >= 11 is 0. The van der Waals surface area contributed by atoms with Gasteiger partial charge in [0.15, 0.2) is 0 Å². The molecule has 0 aromatic heterocycles. The van der Waals surface area contributed by atoms with E-state index in [4.69, 9.17) is 9.47 Å². The Labute approximate surface area is 159 Å². The summed E-state index contributed by atoms with van der Waals surface area (Å²) in [6.45, 7) is 6.50. The maximum atomic E-state index is 12.4. The van der Waals surface area contributed by atoms with Gasteiger partial charge in [-0.05, 0) is 35.3 Å². The summed E-state index contributed by atoms with van der Waals surface area (Å²) < 4.78 is 10.6. The average Bonchev–Trinajstić information content (AvgIpc) is 3.01. The molecule has 0 radical (unpaired) electrons. The standard InChI is InChI=1S/C22H24N2O3/c1-22(2,3)16-8-6-14(7-9-16)20-23-18(21(25)24-20)13-15-12-17(26-4)10-11-19(15)27-5/h6-13H,1-5H3,(H,23,24,25)/b18-13-. The lowest BCUT2D eigenvalue weighted by atomic mass is 9.86. The molecule has 0 saturated carbocycles. The highest BCUT2D eigenvalue weighted by molar-refractivity contribution is 6.19. The minimum Gasteiger partial charge on any atom is -0.497 e. The molecule has 27 heavy (non-hydrogen) atoms. The molecular formula is C22H24N2O3. The van der Waals surface area contributed by atoms with Crippen LogP contribution in [0.15, 0.2) is 53.2 Å². The van der Waals surface area contributed by atoms with Crippen molar-refractivity contribution in [3.05, 3.63) is 64.9 Å². The van der Waals surface area contributed by atoms with Crippen LogP contribution in [0.4, 0.5) is 0 Å². The van der Waals surface area contributed by atoms with Gasteiger partial charge in [0.05, 0.1) is 14.2 Å². The average molecular weight is 364 g/mol. The molecule has 1 amide bonds. The fourth-order valence-corrected chi connectivity index (χ4v) is 2.83. The molecule has 1 heterocycles. The summed E-state index contributed by atoms with van der Waals surface area (Å²) in [6.07, 6.45) is 1.70. The van der Waals surface area contributed by atoms with E-state index in [1.165, 1.54) is 5.56 Å². The van der Waals surface area contributed by atoms with Crippen LogP contribution in [0.25, 0.3) is 6.08 Å². The minimum atomic E-state index is -0.241. The Hall–Kier alpha value is -3.08. The lowest BCUT2D eigenvalue weighted by Crippen LogP contribution is -2.24. The monoisotopic (exact) mass is 364 g/mol. The number of aliphatic imine (C=N–C) groups is 1. The maximum Gasteiger partial charge on any atom is 0.275 e. The van der Waals surface area contributed by atoms with Crippen LogP contribution in [0.5, 0.6) is 11.5 Å². The molecule has 2 aromatic carbocycles. The zero-order chi connectivity index (χ0) is 19.6. The van der Waals surface area contributed by atoms with E-state index in [0.717, 1.165) is 11.1 Å². The van der Waals surface area contributed by atoms with Crippen LogP contribution in [-0.2, 0) is 10.2 Å². The molecule has 5 heteroatoms. The van der Waals surface area contributed by atoms with Crippen LogP contribution in [0.2, 0.25) is 0 Å². The van der Waals surface area contributed by atoms with Crippen molar-refractivity contribution < 1.29 is 14.3 Å². The number of methoxy groups -OCH3 is 2. The highest BCUT2D eigenvalue weighted by Crippen LogP contribution is 2.28. The number of carbonyl (C=O) groups is 1. The number of hydrogen-bond donors (Lipinski definition) is 1. The van der Waals surface area contributed by atoms with E-state index < -0.39 is 0 Å². The second kappa shape index (κ2) is 7.27. The van der Waals surface area contributed by atoms with Crippen LogP contribution in [0, 0.1) is 0 Å². The highest BCUT2D eigenvalue weighted by Gasteiger charge is 2.22. The van der Waals surface area contributed by atoms with Gasteiger partial charge >= 0.3 is 0 Å². The molecule has 140 valence electrons. The first-order valence-corrected chi connectivity index (χ1v) is 8.76. The molecule has 1 aliphatic rings. The van der Waals surface area contributed by atoms with Gasteiger partial charge in [-0.2, -0.15) is 0 Å². The Morgan fingerprint density at radius 1 is 1.00 bits per heavy atom. The van der Waals surface area contributed by atoms with Crippen LogP contribution in [-0.4, -0.2) is 26.0 Å². The molecule has 0 spiro atoms. The molecule has 0 atom stereocenters. The van der Waals surface area contributed by atoms with Gasteiger partial charge in [-0.3, -0.25) is 4.79 Å². The van der Waals surface area contributed by atoms with Crippen molar-refractivity contribution in [2.45, 2.75) is 26.2 Å². The van der Waals surface area contributed by atoms with Crippen molar-refractivity contribution in [2.24, 2.45) is 4.99 Å².